The predicted molar refractivity (Wildman–Crippen MR) is 101 cm³/mol. The fourth-order valence-electron chi connectivity index (χ4n) is 2.60. The molecule has 1 N–H and O–H groups in total. The van der Waals surface area contributed by atoms with Crippen LogP contribution in [0.1, 0.15) is 13.8 Å². The van der Waals surface area contributed by atoms with Crippen LogP contribution in [0.3, 0.4) is 0 Å². The van der Waals surface area contributed by atoms with Crippen molar-refractivity contribution < 1.29 is 40.8 Å². The third kappa shape index (κ3) is 4.58. The minimum atomic E-state index is -5.01. The summed E-state index contributed by atoms with van der Waals surface area (Å²) in [6.45, 7) is 1.54. The molecular formula is C17H14F3N3O7S. The van der Waals surface area contributed by atoms with Crippen molar-refractivity contribution in [2.24, 2.45) is 0 Å². The van der Waals surface area contributed by atoms with E-state index in [0.29, 0.717) is 6.07 Å². The summed E-state index contributed by atoms with van der Waals surface area (Å²) < 4.78 is 74.6. The lowest BCUT2D eigenvalue weighted by molar-refractivity contribution is -0.384. The molecule has 166 valence electrons. The number of hydrogen-bond donors (Lipinski definition) is 1. The molecule has 0 heterocycles. The third-order valence-electron chi connectivity index (χ3n) is 3.87. The van der Waals surface area contributed by atoms with Gasteiger partial charge < -0.3 is 4.74 Å². The summed E-state index contributed by atoms with van der Waals surface area (Å²) in [5.41, 5.74) is -3.12. The number of hydrogen-bond acceptors (Lipinski definition) is 7. The number of nitro benzene ring substituents is 1. The maximum absolute atomic E-state index is 14.7. The molecular weight excluding hydrogens is 447 g/mol. The lowest BCUT2D eigenvalue weighted by Gasteiger charge is -2.19. The predicted octanol–water partition coefficient (Wildman–Crippen LogP) is 2.72. The molecule has 0 saturated heterocycles. The second-order valence-electron chi connectivity index (χ2n) is 5.96. The molecule has 0 radical (unpaired) electrons. The van der Waals surface area contributed by atoms with Crippen molar-refractivity contribution in [1.82, 2.24) is 0 Å². The SMILES string of the molecule is COc1ccc(NS(=O)(=O)c2cc([N+](=O)[O-])c(N(C(C)=O)C(C)=O)c(F)c2F)cc1F. The lowest BCUT2D eigenvalue weighted by Crippen LogP contribution is -2.35. The van der Waals surface area contributed by atoms with Crippen LogP contribution in [0.25, 0.3) is 0 Å². The number of nitro groups is 1. The number of anilines is 2. The maximum Gasteiger partial charge on any atom is 0.298 e. The second kappa shape index (κ2) is 8.59. The van der Waals surface area contributed by atoms with E-state index in [1.807, 2.05) is 0 Å². The van der Waals surface area contributed by atoms with E-state index in [1.165, 1.54) is 0 Å². The van der Waals surface area contributed by atoms with E-state index in [-0.39, 0.29) is 16.7 Å². The Labute approximate surface area is 173 Å². The first-order valence-corrected chi connectivity index (χ1v) is 9.64. The van der Waals surface area contributed by atoms with E-state index < -0.39 is 66.2 Å². The standard InChI is InChI=1S/C17H14F3N3O7S/c1-8(24)22(9(2)25)17-12(23(26)27)7-14(15(19)16(17)20)31(28,29)21-10-4-5-13(30-3)11(18)6-10/h4-7,21H,1-3H3. The summed E-state index contributed by atoms with van der Waals surface area (Å²) in [5.74, 6) is -7.74. The van der Waals surface area contributed by atoms with Crippen LogP contribution in [0.2, 0.25) is 0 Å². The van der Waals surface area contributed by atoms with Crippen molar-refractivity contribution in [3.63, 3.8) is 0 Å². The van der Waals surface area contributed by atoms with E-state index in [1.54, 1.807) is 4.72 Å². The van der Waals surface area contributed by atoms with Crippen molar-refractivity contribution >= 4 is 38.9 Å². The molecule has 2 aromatic carbocycles. The van der Waals surface area contributed by atoms with Crippen LogP contribution >= 0.6 is 0 Å². The number of methoxy groups -OCH3 is 1. The van der Waals surface area contributed by atoms with Gasteiger partial charge in [-0.2, -0.15) is 0 Å². The summed E-state index contributed by atoms with van der Waals surface area (Å²) in [7, 11) is -3.85. The first kappa shape index (κ1) is 23.6. The van der Waals surface area contributed by atoms with Crippen LogP contribution in [0.5, 0.6) is 5.75 Å². The van der Waals surface area contributed by atoms with Crippen molar-refractivity contribution in [3.8, 4) is 5.75 Å². The Kier molecular flexibility index (Phi) is 6.54. The Morgan fingerprint density at radius 3 is 2.13 bits per heavy atom. The molecule has 0 aliphatic rings. The summed E-state index contributed by atoms with van der Waals surface area (Å²) in [6, 6.07) is 2.92. The highest BCUT2D eigenvalue weighted by molar-refractivity contribution is 7.92. The molecule has 31 heavy (non-hydrogen) atoms. The highest BCUT2D eigenvalue weighted by Gasteiger charge is 2.36. The highest BCUT2D eigenvalue weighted by Crippen LogP contribution is 2.37. The van der Waals surface area contributed by atoms with Gasteiger partial charge in [-0.05, 0) is 12.1 Å². The Morgan fingerprint density at radius 1 is 1.10 bits per heavy atom. The molecule has 0 bridgehead atoms. The number of imide groups is 1. The zero-order valence-corrected chi connectivity index (χ0v) is 16.9. The number of ether oxygens (including phenoxy) is 1. The number of benzene rings is 2. The summed E-state index contributed by atoms with van der Waals surface area (Å²) in [6.07, 6.45) is 0. The first-order valence-electron chi connectivity index (χ1n) is 8.15. The minimum Gasteiger partial charge on any atom is -0.494 e. The number of carbonyl (C=O) groups excluding carboxylic acids is 2. The van der Waals surface area contributed by atoms with E-state index >= 15 is 0 Å². The number of halogens is 3. The van der Waals surface area contributed by atoms with Gasteiger partial charge in [-0.1, -0.05) is 0 Å². The van der Waals surface area contributed by atoms with Gasteiger partial charge in [-0.15, -0.1) is 0 Å². The fraction of sp³-hybridized carbons (Fsp3) is 0.176. The maximum atomic E-state index is 14.7. The topological polar surface area (TPSA) is 136 Å². The Morgan fingerprint density at radius 2 is 1.68 bits per heavy atom. The summed E-state index contributed by atoms with van der Waals surface area (Å²) >= 11 is 0. The molecule has 2 rings (SSSR count). The normalized spacial score (nSPS) is 11.0. The Hall–Kier alpha value is -3.68. The lowest BCUT2D eigenvalue weighted by atomic mass is 10.2. The van der Waals surface area contributed by atoms with Crippen molar-refractivity contribution in [1.29, 1.82) is 0 Å². The van der Waals surface area contributed by atoms with Crippen LogP contribution in [0, 0.1) is 27.6 Å². The molecule has 10 nitrogen and oxygen atoms in total. The smallest absolute Gasteiger partial charge is 0.298 e. The molecule has 0 aliphatic carbocycles. The van der Waals surface area contributed by atoms with Gasteiger partial charge in [0, 0.05) is 26.0 Å². The number of amides is 2. The molecule has 0 fully saturated rings. The Balaban J connectivity index is 2.69. The zero-order valence-electron chi connectivity index (χ0n) is 16.1. The van der Waals surface area contributed by atoms with Crippen LogP contribution < -0.4 is 14.4 Å². The van der Waals surface area contributed by atoms with Gasteiger partial charge >= 0.3 is 0 Å². The molecule has 2 aromatic rings. The molecule has 0 spiro atoms. The summed E-state index contributed by atoms with van der Waals surface area (Å²) in [5, 5.41) is 11.4. The van der Waals surface area contributed by atoms with Crippen LogP contribution in [0.4, 0.5) is 30.2 Å². The number of sulfonamides is 1. The van der Waals surface area contributed by atoms with Gasteiger partial charge in [0.15, 0.2) is 28.9 Å². The first-order chi connectivity index (χ1) is 14.3. The quantitative estimate of drug-likeness (QED) is 0.516. The number of carbonyl (C=O) groups is 2. The van der Waals surface area contributed by atoms with Crippen LogP contribution in [-0.2, 0) is 19.6 Å². The number of rotatable bonds is 6. The molecule has 2 amide bonds. The monoisotopic (exact) mass is 461 g/mol. The number of nitrogens with zero attached hydrogens (tertiary/aromatic N) is 2. The fourth-order valence-corrected chi connectivity index (χ4v) is 3.74. The van der Waals surface area contributed by atoms with Crippen molar-refractivity contribution in [2.45, 2.75) is 18.7 Å². The average Bonchev–Trinajstić information content (AvgIpc) is 2.64. The van der Waals surface area contributed by atoms with Gasteiger partial charge in [-0.3, -0.25) is 24.4 Å². The molecule has 0 unspecified atom stereocenters. The van der Waals surface area contributed by atoms with E-state index in [0.717, 1.165) is 33.1 Å². The molecule has 0 aliphatic heterocycles. The molecule has 0 saturated carbocycles. The third-order valence-corrected chi connectivity index (χ3v) is 5.25. The van der Waals surface area contributed by atoms with E-state index in [4.69, 9.17) is 0 Å². The van der Waals surface area contributed by atoms with Gasteiger partial charge in [0.2, 0.25) is 11.8 Å². The van der Waals surface area contributed by atoms with E-state index in [2.05, 4.69) is 4.74 Å². The van der Waals surface area contributed by atoms with Gasteiger partial charge in [0.05, 0.1) is 17.7 Å². The zero-order chi connectivity index (χ0) is 23.7. The molecule has 0 aromatic heterocycles. The summed E-state index contributed by atoms with van der Waals surface area (Å²) in [4.78, 5) is 31.9. The van der Waals surface area contributed by atoms with Gasteiger partial charge in [0.25, 0.3) is 15.7 Å². The van der Waals surface area contributed by atoms with Crippen molar-refractivity contribution in [3.05, 3.63) is 51.8 Å². The highest BCUT2D eigenvalue weighted by atomic mass is 32.2. The average molecular weight is 461 g/mol. The van der Waals surface area contributed by atoms with Crippen LogP contribution in [-0.4, -0.2) is 32.3 Å². The van der Waals surface area contributed by atoms with Gasteiger partial charge in [-0.25, -0.2) is 26.5 Å². The van der Waals surface area contributed by atoms with Crippen molar-refractivity contribution in [2.75, 3.05) is 16.7 Å². The molecule has 14 heteroatoms. The van der Waals surface area contributed by atoms with Gasteiger partial charge in [0.1, 0.15) is 4.90 Å². The Bertz CT molecular complexity index is 1190. The number of nitrogens with one attached hydrogen (secondary N) is 1. The van der Waals surface area contributed by atoms with Crippen LogP contribution in [0.15, 0.2) is 29.2 Å². The van der Waals surface area contributed by atoms with E-state index in [9.17, 15) is 41.3 Å². The molecule has 0 atom stereocenters. The largest absolute Gasteiger partial charge is 0.494 e. The second-order valence-corrected chi connectivity index (χ2v) is 7.61. The minimum absolute atomic E-state index is 0.000770.